The molecule has 0 unspecified atom stereocenters. The van der Waals surface area contributed by atoms with Gasteiger partial charge in [-0.15, -0.1) is 0 Å². The summed E-state index contributed by atoms with van der Waals surface area (Å²) in [4.78, 5) is 11.4. The number of nitrogens with one attached hydrogen (secondary N) is 1. The maximum absolute atomic E-state index is 13.0. The van der Waals surface area contributed by atoms with Crippen LogP contribution in [0.1, 0.15) is 16.8 Å². The second kappa shape index (κ2) is 3.00. The summed E-state index contributed by atoms with van der Waals surface area (Å²) in [6.45, 7) is 0.591. The zero-order valence-corrected chi connectivity index (χ0v) is 7.49. The van der Waals surface area contributed by atoms with Crippen LogP contribution in [0.25, 0.3) is 0 Å². The third-order valence-electron chi connectivity index (χ3n) is 2.04. The minimum atomic E-state index is -0.544. The summed E-state index contributed by atoms with van der Waals surface area (Å²) in [6, 6.07) is 2.79. The highest BCUT2D eigenvalue weighted by atomic mass is 35.5. The van der Waals surface area contributed by atoms with E-state index in [1.807, 2.05) is 0 Å². The van der Waals surface area contributed by atoms with Crippen LogP contribution in [0.15, 0.2) is 12.1 Å². The Morgan fingerprint density at radius 2 is 2.23 bits per heavy atom. The number of hydrogen-bond acceptors (Lipinski definition) is 2. The van der Waals surface area contributed by atoms with Crippen LogP contribution < -0.4 is 5.32 Å². The zero-order valence-electron chi connectivity index (χ0n) is 6.73. The Bertz CT molecular complexity index is 378. The van der Waals surface area contributed by atoms with Gasteiger partial charge in [-0.2, -0.15) is 0 Å². The van der Waals surface area contributed by atoms with Crippen LogP contribution in [0.3, 0.4) is 0 Å². The van der Waals surface area contributed by atoms with Gasteiger partial charge in [0.2, 0.25) is 0 Å². The fourth-order valence-corrected chi connectivity index (χ4v) is 1.68. The standard InChI is InChI=1S/C9H7ClFNO/c10-9-5(11)1-2-6-8(9)7(13)3-4-12-6/h1-2,12H,3-4H2. The molecule has 2 rings (SSSR count). The average molecular weight is 200 g/mol. The van der Waals surface area contributed by atoms with Crippen molar-refractivity contribution in [3.63, 3.8) is 0 Å². The topological polar surface area (TPSA) is 29.1 Å². The van der Waals surface area contributed by atoms with E-state index < -0.39 is 5.82 Å². The van der Waals surface area contributed by atoms with Crippen molar-refractivity contribution in [2.75, 3.05) is 11.9 Å². The maximum Gasteiger partial charge on any atom is 0.168 e. The van der Waals surface area contributed by atoms with Crippen LogP contribution >= 0.6 is 11.6 Å². The largest absolute Gasteiger partial charge is 0.384 e. The van der Waals surface area contributed by atoms with Gasteiger partial charge in [-0.3, -0.25) is 4.79 Å². The molecule has 1 N–H and O–H groups in total. The highest BCUT2D eigenvalue weighted by Gasteiger charge is 2.21. The molecule has 0 radical (unpaired) electrons. The molecule has 0 atom stereocenters. The van der Waals surface area contributed by atoms with Crippen molar-refractivity contribution in [1.82, 2.24) is 0 Å². The van der Waals surface area contributed by atoms with E-state index in [0.717, 1.165) is 0 Å². The highest BCUT2D eigenvalue weighted by Crippen LogP contribution is 2.30. The van der Waals surface area contributed by atoms with Gasteiger partial charge in [-0.1, -0.05) is 11.6 Å². The predicted molar refractivity (Wildman–Crippen MR) is 48.8 cm³/mol. The van der Waals surface area contributed by atoms with Crippen LogP contribution in [0.2, 0.25) is 5.02 Å². The van der Waals surface area contributed by atoms with E-state index in [1.165, 1.54) is 12.1 Å². The zero-order chi connectivity index (χ0) is 9.42. The van der Waals surface area contributed by atoms with Crippen LogP contribution in [0.5, 0.6) is 0 Å². The van der Waals surface area contributed by atoms with Gasteiger partial charge in [-0.05, 0) is 12.1 Å². The number of carbonyl (C=O) groups excluding carboxylic acids is 1. The molecule has 1 aromatic carbocycles. The Labute approximate surface area is 79.7 Å². The summed E-state index contributed by atoms with van der Waals surface area (Å²) in [6.07, 6.45) is 0.371. The first-order chi connectivity index (χ1) is 6.20. The first-order valence-corrected chi connectivity index (χ1v) is 4.33. The number of halogens is 2. The Kier molecular flexibility index (Phi) is 1.96. The number of benzene rings is 1. The van der Waals surface area contributed by atoms with E-state index in [1.54, 1.807) is 0 Å². The molecular weight excluding hydrogens is 193 g/mol. The summed E-state index contributed by atoms with van der Waals surface area (Å²) < 4.78 is 13.0. The molecular formula is C9H7ClFNO. The lowest BCUT2D eigenvalue weighted by atomic mass is 10.0. The summed E-state index contributed by atoms with van der Waals surface area (Å²) in [7, 11) is 0. The summed E-state index contributed by atoms with van der Waals surface area (Å²) in [5.41, 5.74) is 0.913. The molecule has 1 aliphatic rings. The molecule has 0 saturated heterocycles. The third kappa shape index (κ3) is 1.29. The van der Waals surface area contributed by atoms with E-state index >= 15 is 0 Å². The smallest absolute Gasteiger partial charge is 0.168 e. The molecule has 0 aromatic heterocycles. The van der Waals surface area contributed by atoms with Gasteiger partial charge >= 0.3 is 0 Å². The number of rotatable bonds is 0. The molecule has 0 aliphatic carbocycles. The van der Waals surface area contributed by atoms with Crippen LogP contribution in [-0.2, 0) is 0 Å². The van der Waals surface area contributed by atoms with Crippen LogP contribution in [-0.4, -0.2) is 12.3 Å². The first kappa shape index (κ1) is 8.51. The van der Waals surface area contributed by atoms with Crippen LogP contribution in [0, 0.1) is 5.82 Å². The molecule has 1 heterocycles. The average Bonchev–Trinajstić information content (AvgIpc) is 2.12. The van der Waals surface area contributed by atoms with Crippen molar-refractivity contribution in [2.45, 2.75) is 6.42 Å². The van der Waals surface area contributed by atoms with Gasteiger partial charge in [0.05, 0.1) is 10.6 Å². The van der Waals surface area contributed by atoms with E-state index in [2.05, 4.69) is 5.32 Å². The van der Waals surface area contributed by atoms with Gasteiger partial charge in [0.15, 0.2) is 5.78 Å². The van der Waals surface area contributed by atoms with Crippen molar-refractivity contribution >= 4 is 23.1 Å². The number of hydrogen-bond donors (Lipinski definition) is 1. The summed E-state index contributed by atoms with van der Waals surface area (Å²) in [5, 5.41) is 2.91. The minimum Gasteiger partial charge on any atom is -0.384 e. The number of ketones is 1. The van der Waals surface area contributed by atoms with Gasteiger partial charge in [0, 0.05) is 18.7 Å². The van der Waals surface area contributed by atoms with Crippen molar-refractivity contribution < 1.29 is 9.18 Å². The first-order valence-electron chi connectivity index (χ1n) is 3.95. The highest BCUT2D eigenvalue weighted by molar-refractivity contribution is 6.35. The van der Waals surface area contributed by atoms with Crippen molar-refractivity contribution in [3.05, 3.63) is 28.5 Å². The predicted octanol–water partition coefficient (Wildman–Crippen LogP) is 2.48. The van der Waals surface area contributed by atoms with Gasteiger partial charge < -0.3 is 5.32 Å². The quantitative estimate of drug-likeness (QED) is 0.696. The Morgan fingerprint density at radius 1 is 1.46 bits per heavy atom. The Morgan fingerprint density at radius 3 is 3.00 bits per heavy atom. The van der Waals surface area contributed by atoms with Crippen molar-refractivity contribution in [3.8, 4) is 0 Å². The van der Waals surface area contributed by atoms with Gasteiger partial charge in [0.1, 0.15) is 5.82 Å². The second-order valence-electron chi connectivity index (χ2n) is 2.88. The number of Topliss-reactive ketones (excluding diaryl/α,β-unsaturated/α-hetero) is 1. The minimum absolute atomic E-state index is 0.0744. The SMILES string of the molecule is O=C1CCNc2ccc(F)c(Cl)c21. The number of fused-ring (bicyclic) bond motifs is 1. The Balaban J connectivity index is 2.65. The molecule has 1 aliphatic heterocycles. The molecule has 4 heteroatoms. The molecule has 1 aromatic rings. The van der Waals surface area contributed by atoms with E-state index in [4.69, 9.17) is 11.6 Å². The molecule has 0 bridgehead atoms. The maximum atomic E-state index is 13.0. The molecule has 0 spiro atoms. The molecule has 2 nitrogen and oxygen atoms in total. The molecule has 0 fully saturated rings. The fraction of sp³-hybridized carbons (Fsp3) is 0.222. The lowest BCUT2D eigenvalue weighted by Crippen LogP contribution is -2.18. The summed E-state index contributed by atoms with van der Waals surface area (Å²) in [5.74, 6) is -0.643. The molecule has 0 amide bonds. The normalized spacial score (nSPS) is 15.1. The van der Waals surface area contributed by atoms with Crippen LogP contribution in [0.4, 0.5) is 10.1 Å². The number of carbonyl (C=O) groups is 1. The van der Waals surface area contributed by atoms with Crippen molar-refractivity contribution in [2.24, 2.45) is 0 Å². The lowest BCUT2D eigenvalue weighted by molar-refractivity contribution is 0.0983. The third-order valence-corrected chi connectivity index (χ3v) is 2.41. The van der Waals surface area contributed by atoms with E-state index in [9.17, 15) is 9.18 Å². The Hall–Kier alpha value is -1.09. The van der Waals surface area contributed by atoms with Gasteiger partial charge in [-0.25, -0.2) is 4.39 Å². The van der Waals surface area contributed by atoms with Crippen molar-refractivity contribution in [1.29, 1.82) is 0 Å². The van der Waals surface area contributed by atoms with E-state index in [0.29, 0.717) is 18.7 Å². The monoisotopic (exact) mass is 199 g/mol. The molecule has 13 heavy (non-hydrogen) atoms. The van der Waals surface area contributed by atoms with E-state index in [-0.39, 0.29) is 16.4 Å². The summed E-state index contributed by atoms with van der Waals surface area (Å²) >= 11 is 5.67. The second-order valence-corrected chi connectivity index (χ2v) is 3.26. The fourth-order valence-electron chi connectivity index (χ4n) is 1.41. The number of anilines is 1. The lowest BCUT2D eigenvalue weighted by Gasteiger charge is -2.17. The molecule has 68 valence electrons. The van der Waals surface area contributed by atoms with Gasteiger partial charge in [0.25, 0.3) is 0 Å². The molecule has 0 saturated carbocycles.